The molecule has 43 heavy (non-hydrogen) atoms. The van der Waals surface area contributed by atoms with Gasteiger partial charge in [0.2, 0.25) is 0 Å². The molecule has 3 atom stereocenters. The molecular formula is C32H39N3O7S. The number of aryl methyl sites for hydroxylation is 1. The molecule has 0 bridgehead atoms. The van der Waals surface area contributed by atoms with Gasteiger partial charge in [0.05, 0.1) is 35.2 Å². The average molecular weight is 610 g/mol. The summed E-state index contributed by atoms with van der Waals surface area (Å²) in [5.74, 6) is -0.220. The Morgan fingerprint density at radius 1 is 1.16 bits per heavy atom. The number of ether oxygens (including phenoxy) is 2. The lowest BCUT2D eigenvalue weighted by Gasteiger charge is -2.32. The molecule has 1 N–H and O–H groups in total. The summed E-state index contributed by atoms with van der Waals surface area (Å²) in [7, 11) is 0. The molecule has 0 saturated heterocycles. The van der Waals surface area contributed by atoms with Crippen LogP contribution in [-0.2, 0) is 26.4 Å². The van der Waals surface area contributed by atoms with Crippen LogP contribution in [0.5, 0.6) is 0 Å². The zero-order chi connectivity index (χ0) is 31.1. The van der Waals surface area contributed by atoms with Gasteiger partial charge in [-0.05, 0) is 78.4 Å². The second-order valence-corrected chi connectivity index (χ2v) is 13.7. The highest BCUT2D eigenvalue weighted by molar-refractivity contribution is 7.22. The first-order valence-corrected chi connectivity index (χ1v) is 15.4. The van der Waals surface area contributed by atoms with Crippen molar-refractivity contribution in [2.75, 3.05) is 0 Å². The molecule has 10 nitrogen and oxygen atoms in total. The van der Waals surface area contributed by atoms with Crippen molar-refractivity contribution in [1.29, 1.82) is 0 Å². The van der Waals surface area contributed by atoms with E-state index >= 15 is 0 Å². The van der Waals surface area contributed by atoms with Crippen molar-refractivity contribution < 1.29 is 23.8 Å². The molecule has 3 aromatic heterocycles. The minimum atomic E-state index is -1.62. The molecular weight excluding hydrogens is 570 g/mol. The number of aliphatic hydroxyl groups excluding tert-OH is 1. The Morgan fingerprint density at radius 3 is 2.51 bits per heavy atom. The number of carbonyl (C=O) groups is 1. The van der Waals surface area contributed by atoms with Gasteiger partial charge in [-0.2, -0.15) is 0 Å². The van der Waals surface area contributed by atoms with E-state index in [1.54, 1.807) is 33.9 Å². The van der Waals surface area contributed by atoms with Gasteiger partial charge in [-0.1, -0.05) is 30.3 Å². The van der Waals surface area contributed by atoms with Crippen LogP contribution in [0.15, 0.2) is 56.9 Å². The molecule has 0 radical (unpaired) electrons. The quantitative estimate of drug-likeness (QED) is 0.266. The number of fused-ring (bicyclic) bond motifs is 1. The van der Waals surface area contributed by atoms with Crippen molar-refractivity contribution in [2.24, 2.45) is 0 Å². The molecule has 0 amide bonds. The zero-order valence-electron chi connectivity index (χ0n) is 25.5. The van der Waals surface area contributed by atoms with E-state index in [1.807, 2.05) is 30.3 Å². The van der Waals surface area contributed by atoms with E-state index < -0.39 is 40.6 Å². The van der Waals surface area contributed by atoms with E-state index in [9.17, 15) is 19.5 Å². The molecule has 3 heterocycles. The van der Waals surface area contributed by atoms with Crippen LogP contribution in [0.4, 0.5) is 0 Å². The van der Waals surface area contributed by atoms with Crippen molar-refractivity contribution in [1.82, 2.24) is 14.1 Å². The number of nitrogens with zero attached hydrogens (tertiary/aromatic N) is 3. The third-order valence-corrected chi connectivity index (χ3v) is 9.13. The van der Waals surface area contributed by atoms with Gasteiger partial charge >= 0.3 is 11.7 Å². The van der Waals surface area contributed by atoms with Crippen LogP contribution < -0.4 is 11.2 Å². The molecule has 5 rings (SSSR count). The van der Waals surface area contributed by atoms with Crippen LogP contribution in [0.2, 0.25) is 0 Å². The van der Waals surface area contributed by atoms with Crippen molar-refractivity contribution in [3.63, 3.8) is 0 Å². The van der Waals surface area contributed by atoms with E-state index in [0.29, 0.717) is 32.8 Å². The van der Waals surface area contributed by atoms with Gasteiger partial charge in [0, 0.05) is 0 Å². The lowest BCUT2D eigenvalue weighted by molar-refractivity contribution is -0.164. The third-order valence-electron chi connectivity index (χ3n) is 7.80. The number of thiophene rings is 1. The molecule has 1 aromatic carbocycles. The summed E-state index contributed by atoms with van der Waals surface area (Å²) in [6, 6.07) is 9.59. The topological polar surface area (TPSA) is 126 Å². The molecule has 0 aliphatic heterocycles. The van der Waals surface area contributed by atoms with Crippen LogP contribution in [0.3, 0.4) is 0 Å². The average Bonchev–Trinajstić information content (AvgIpc) is 3.58. The molecule has 1 unspecified atom stereocenters. The summed E-state index contributed by atoms with van der Waals surface area (Å²) < 4.78 is 20.4. The highest BCUT2D eigenvalue weighted by atomic mass is 32.1. The SMILES string of the molecule is Cc1c(-c2cnco2)sc2c1c(=O)n(C(C)(C)C(=O)OC(C)(C)C)c(=O)n2C[C@H](OC1CCC[C@@H](O)C1)c1ccccc1. The number of hydrogen-bond acceptors (Lipinski definition) is 9. The molecule has 11 heteroatoms. The Labute approximate surface area is 253 Å². The molecule has 1 aliphatic rings. The number of aromatic nitrogens is 3. The second-order valence-electron chi connectivity index (χ2n) is 12.7. The fourth-order valence-electron chi connectivity index (χ4n) is 5.59. The standard InChI is InChI=1S/C32H39N3O7S/c1-19-25-27(37)35(32(5,6)29(38)42-31(2,3)4)30(39)34(28(25)43-26(19)23-16-33-18-40-23)17-24(20-11-8-7-9-12-20)41-22-14-10-13-21(36)15-22/h7-9,11-12,16,18,21-22,24,36H,10,13-15,17H2,1-6H3/t21-,22?,24+/m1/s1. The Hall–Kier alpha value is -3.54. The highest BCUT2D eigenvalue weighted by Crippen LogP contribution is 2.37. The van der Waals surface area contributed by atoms with Gasteiger partial charge in [-0.15, -0.1) is 11.3 Å². The Morgan fingerprint density at radius 2 is 1.88 bits per heavy atom. The number of aliphatic hydroxyl groups is 1. The molecule has 1 aliphatic carbocycles. The number of carbonyl (C=O) groups excluding carboxylic acids is 1. The van der Waals surface area contributed by atoms with Crippen LogP contribution in [-0.4, -0.2) is 43.0 Å². The van der Waals surface area contributed by atoms with E-state index in [1.165, 1.54) is 36.1 Å². The van der Waals surface area contributed by atoms with Gasteiger partial charge in [0.1, 0.15) is 22.1 Å². The maximum Gasteiger partial charge on any atom is 0.333 e. The predicted molar refractivity (Wildman–Crippen MR) is 164 cm³/mol. The fraction of sp³-hybridized carbons (Fsp3) is 0.500. The van der Waals surface area contributed by atoms with Crippen LogP contribution in [0.25, 0.3) is 20.9 Å². The van der Waals surface area contributed by atoms with E-state index in [2.05, 4.69) is 4.98 Å². The van der Waals surface area contributed by atoms with Crippen molar-refractivity contribution in [3.8, 4) is 10.6 Å². The summed E-state index contributed by atoms with van der Waals surface area (Å²) in [5, 5.41) is 10.6. The van der Waals surface area contributed by atoms with Gasteiger partial charge in [0.15, 0.2) is 12.2 Å². The van der Waals surface area contributed by atoms with E-state index in [4.69, 9.17) is 13.9 Å². The molecule has 4 aromatic rings. The summed E-state index contributed by atoms with van der Waals surface area (Å²) >= 11 is 1.26. The Bertz CT molecular complexity index is 1710. The summed E-state index contributed by atoms with van der Waals surface area (Å²) in [6.45, 7) is 10.1. The van der Waals surface area contributed by atoms with Gasteiger partial charge in [0.25, 0.3) is 5.56 Å². The molecule has 0 spiro atoms. The minimum Gasteiger partial charge on any atom is -0.458 e. The number of hydrogen-bond donors (Lipinski definition) is 1. The maximum atomic E-state index is 14.4. The lowest BCUT2D eigenvalue weighted by atomic mass is 9.94. The van der Waals surface area contributed by atoms with Crippen LogP contribution >= 0.6 is 11.3 Å². The largest absolute Gasteiger partial charge is 0.458 e. The second kappa shape index (κ2) is 11.9. The van der Waals surface area contributed by atoms with E-state index in [-0.39, 0.29) is 12.6 Å². The van der Waals surface area contributed by atoms with Crippen molar-refractivity contribution >= 4 is 27.5 Å². The Balaban J connectivity index is 1.72. The molecule has 230 valence electrons. The predicted octanol–water partition coefficient (Wildman–Crippen LogP) is 5.33. The first-order valence-electron chi connectivity index (χ1n) is 14.6. The summed E-state index contributed by atoms with van der Waals surface area (Å²) in [6.07, 6.45) is 4.56. The minimum absolute atomic E-state index is 0.0758. The molecule has 1 fully saturated rings. The van der Waals surface area contributed by atoms with Gasteiger partial charge in [-0.25, -0.2) is 19.1 Å². The van der Waals surface area contributed by atoms with Crippen LogP contribution in [0.1, 0.15) is 77.5 Å². The first kappa shape index (κ1) is 30.9. The number of benzene rings is 1. The number of oxazole rings is 1. The smallest absolute Gasteiger partial charge is 0.333 e. The van der Waals surface area contributed by atoms with Gasteiger partial charge in [-0.3, -0.25) is 9.36 Å². The monoisotopic (exact) mass is 609 g/mol. The number of esters is 1. The van der Waals surface area contributed by atoms with E-state index in [0.717, 1.165) is 29.4 Å². The van der Waals surface area contributed by atoms with Gasteiger partial charge < -0.3 is 19.0 Å². The zero-order valence-corrected chi connectivity index (χ0v) is 26.3. The summed E-state index contributed by atoms with van der Waals surface area (Å²) in [5.41, 5.74) is -2.19. The normalized spacial score (nSPS) is 18.6. The summed E-state index contributed by atoms with van der Waals surface area (Å²) in [4.78, 5) is 47.2. The third kappa shape index (κ3) is 6.25. The van der Waals surface area contributed by atoms with Crippen molar-refractivity contribution in [2.45, 2.75) is 103 Å². The maximum absolute atomic E-state index is 14.4. The first-order chi connectivity index (χ1) is 20.3. The van der Waals surface area contributed by atoms with Crippen molar-refractivity contribution in [3.05, 3.63) is 74.9 Å². The number of rotatable bonds is 8. The Kier molecular flexibility index (Phi) is 8.52. The lowest BCUT2D eigenvalue weighted by Crippen LogP contribution is -2.54. The highest BCUT2D eigenvalue weighted by Gasteiger charge is 2.39. The molecule has 1 saturated carbocycles. The van der Waals surface area contributed by atoms with Crippen LogP contribution in [0, 0.1) is 6.92 Å². The fourth-order valence-corrected chi connectivity index (χ4v) is 6.85.